The van der Waals surface area contributed by atoms with Crippen molar-refractivity contribution in [1.82, 2.24) is 4.90 Å². The molecule has 0 saturated carbocycles. The fourth-order valence-electron chi connectivity index (χ4n) is 5.07. The van der Waals surface area contributed by atoms with Gasteiger partial charge in [-0.3, -0.25) is 4.90 Å². The molecule has 2 aliphatic heterocycles. The van der Waals surface area contributed by atoms with E-state index in [1.54, 1.807) is 67.7 Å². The Morgan fingerprint density at radius 2 is 1.80 bits per heavy atom. The Morgan fingerprint density at radius 1 is 1.18 bits per heavy atom. The first kappa shape index (κ1) is 31.8. The van der Waals surface area contributed by atoms with Crippen LogP contribution in [-0.2, 0) is 39.8 Å². The van der Waals surface area contributed by atoms with Gasteiger partial charge in [0.15, 0.2) is 5.79 Å². The van der Waals surface area contributed by atoms with Gasteiger partial charge in [0.25, 0.3) is 0 Å². The van der Waals surface area contributed by atoms with Gasteiger partial charge in [-0.05, 0) is 66.2 Å². The van der Waals surface area contributed by atoms with Gasteiger partial charge >= 0.3 is 12.1 Å². The number of aliphatic hydroxyl groups is 1. The smallest absolute Gasteiger partial charge is 0.412 e. The van der Waals surface area contributed by atoms with E-state index in [9.17, 15) is 14.7 Å². The van der Waals surface area contributed by atoms with Gasteiger partial charge in [0.2, 0.25) is 5.60 Å². The molecule has 40 heavy (non-hydrogen) atoms. The summed E-state index contributed by atoms with van der Waals surface area (Å²) >= 11 is 0. The standard InChI is InChI=1S/C29H43NO10/c1-11-21(36-16-18-12-14-19(34-9)15-13-18)23-29(24(32)35-10,40-28(7,8)38-23)22(31)20-17-37-27(5,6)30(20)25(33)39-26(2,3)4/h11-15,20-23,31H,1,16-17H2,2-10H3/t20-,21-,22-,23+,29+/m1/s1. The monoisotopic (exact) mass is 565 g/mol. The number of esters is 1. The molecule has 1 aromatic carbocycles. The van der Waals surface area contributed by atoms with Crippen LogP contribution in [0.15, 0.2) is 36.9 Å². The summed E-state index contributed by atoms with van der Waals surface area (Å²) in [5.74, 6) is -1.54. The van der Waals surface area contributed by atoms with E-state index in [0.717, 1.165) is 5.56 Å². The fourth-order valence-corrected chi connectivity index (χ4v) is 5.07. The Balaban J connectivity index is 2.01. The van der Waals surface area contributed by atoms with Crippen molar-refractivity contribution in [3.8, 4) is 5.75 Å². The number of rotatable bonds is 9. The van der Waals surface area contributed by atoms with Crippen LogP contribution in [-0.4, -0.2) is 90.0 Å². The minimum atomic E-state index is -2.12. The minimum absolute atomic E-state index is 0.103. The van der Waals surface area contributed by atoms with Crippen molar-refractivity contribution in [3.05, 3.63) is 42.5 Å². The minimum Gasteiger partial charge on any atom is -0.497 e. The first-order valence-electron chi connectivity index (χ1n) is 13.2. The number of hydrogen-bond acceptors (Lipinski definition) is 10. The van der Waals surface area contributed by atoms with Gasteiger partial charge in [-0.2, -0.15) is 0 Å². The second-order valence-corrected chi connectivity index (χ2v) is 11.8. The summed E-state index contributed by atoms with van der Waals surface area (Å²) in [6.45, 7) is 15.7. The summed E-state index contributed by atoms with van der Waals surface area (Å²) in [6.07, 6.45) is -3.05. The summed E-state index contributed by atoms with van der Waals surface area (Å²) in [6, 6.07) is 6.23. The van der Waals surface area contributed by atoms with Crippen molar-refractivity contribution in [2.24, 2.45) is 0 Å². The lowest BCUT2D eigenvalue weighted by molar-refractivity contribution is -0.211. The van der Waals surface area contributed by atoms with Crippen molar-refractivity contribution in [2.75, 3.05) is 20.8 Å². The quantitative estimate of drug-likeness (QED) is 0.351. The first-order chi connectivity index (χ1) is 18.5. The van der Waals surface area contributed by atoms with Crippen LogP contribution >= 0.6 is 0 Å². The lowest BCUT2D eigenvalue weighted by Gasteiger charge is -2.42. The molecular formula is C29H43NO10. The number of hydrogen-bond donors (Lipinski definition) is 1. The Kier molecular flexibility index (Phi) is 9.27. The highest BCUT2D eigenvalue weighted by atomic mass is 16.8. The maximum absolute atomic E-state index is 13.6. The highest BCUT2D eigenvalue weighted by Crippen LogP contribution is 2.45. The molecular weight excluding hydrogens is 522 g/mol. The summed E-state index contributed by atoms with van der Waals surface area (Å²) < 4.78 is 40.5. The SMILES string of the molecule is C=C[C@@H](OCc1ccc(OC)cc1)[C@@H]1OC(C)(C)O[C@@]1(C(=O)OC)[C@H](O)[C@H]1COC(C)(C)N1C(=O)OC(C)(C)C. The molecule has 1 N–H and O–H groups in total. The molecule has 2 saturated heterocycles. The number of carbonyl (C=O) groups is 2. The van der Waals surface area contributed by atoms with E-state index >= 15 is 0 Å². The third kappa shape index (κ3) is 6.44. The van der Waals surface area contributed by atoms with Crippen LogP contribution in [0.2, 0.25) is 0 Å². The Hall–Kier alpha value is -2.70. The van der Waals surface area contributed by atoms with E-state index in [-0.39, 0.29) is 13.2 Å². The predicted molar refractivity (Wildman–Crippen MR) is 144 cm³/mol. The van der Waals surface area contributed by atoms with E-state index in [4.69, 9.17) is 33.2 Å². The second-order valence-electron chi connectivity index (χ2n) is 11.8. The molecule has 1 aromatic rings. The highest BCUT2D eigenvalue weighted by Gasteiger charge is 2.69. The van der Waals surface area contributed by atoms with E-state index in [1.165, 1.54) is 18.1 Å². The second kappa shape index (κ2) is 11.7. The van der Waals surface area contributed by atoms with Crippen molar-refractivity contribution >= 4 is 12.1 Å². The van der Waals surface area contributed by atoms with Gasteiger partial charge in [-0.15, -0.1) is 6.58 Å². The molecule has 0 spiro atoms. The number of methoxy groups -OCH3 is 2. The van der Waals surface area contributed by atoms with Crippen LogP contribution in [0.25, 0.3) is 0 Å². The van der Waals surface area contributed by atoms with Crippen LogP contribution in [0.4, 0.5) is 4.79 Å². The van der Waals surface area contributed by atoms with Gasteiger partial charge < -0.3 is 38.3 Å². The summed E-state index contributed by atoms with van der Waals surface area (Å²) in [4.78, 5) is 28.2. The zero-order valence-electron chi connectivity index (χ0n) is 24.9. The first-order valence-corrected chi connectivity index (χ1v) is 13.2. The molecule has 224 valence electrons. The lowest BCUT2D eigenvalue weighted by Crippen LogP contribution is -2.67. The van der Waals surface area contributed by atoms with E-state index in [1.807, 2.05) is 12.1 Å². The van der Waals surface area contributed by atoms with Crippen LogP contribution in [0, 0.1) is 0 Å². The number of benzene rings is 1. The average Bonchev–Trinajstić information content (AvgIpc) is 3.35. The molecule has 0 aliphatic carbocycles. The number of amides is 1. The Morgan fingerprint density at radius 3 is 2.33 bits per heavy atom. The molecule has 1 amide bonds. The van der Waals surface area contributed by atoms with Crippen molar-refractivity contribution in [2.45, 2.75) is 102 Å². The Bertz CT molecular complexity index is 1060. The van der Waals surface area contributed by atoms with Gasteiger partial charge in [0, 0.05) is 0 Å². The molecule has 11 heteroatoms. The van der Waals surface area contributed by atoms with Crippen LogP contribution in [0.3, 0.4) is 0 Å². The van der Waals surface area contributed by atoms with Crippen LogP contribution in [0.1, 0.15) is 54.0 Å². The predicted octanol–water partition coefficient (Wildman–Crippen LogP) is 3.56. The fraction of sp³-hybridized carbons (Fsp3) is 0.655. The number of carbonyl (C=O) groups excluding carboxylic acids is 2. The van der Waals surface area contributed by atoms with Gasteiger partial charge in [-0.1, -0.05) is 18.2 Å². The molecule has 0 aromatic heterocycles. The Labute approximate surface area is 236 Å². The van der Waals surface area contributed by atoms with Crippen molar-refractivity contribution in [3.63, 3.8) is 0 Å². The summed E-state index contributed by atoms with van der Waals surface area (Å²) in [5.41, 5.74) is -3.26. The lowest BCUT2D eigenvalue weighted by atomic mass is 9.82. The number of aliphatic hydroxyl groups excluding tert-OH is 1. The molecule has 2 heterocycles. The van der Waals surface area contributed by atoms with Gasteiger partial charge in [-0.25, -0.2) is 9.59 Å². The van der Waals surface area contributed by atoms with E-state index in [0.29, 0.717) is 5.75 Å². The molecule has 5 atom stereocenters. The number of ether oxygens (including phenoxy) is 7. The van der Waals surface area contributed by atoms with Gasteiger partial charge in [0.1, 0.15) is 35.4 Å². The van der Waals surface area contributed by atoms with Crippen LogP contribution < -0.4 is 4.74 Å². The highest BCUT2D eigenvalue weighted by molar-refractivity contribution is 5.82. The molecule has 3 rings (SSSR count). The molecule has 0 unspecified atom stereocenters. The zero-order chi connectivity index (χ0) is 30.1. The maximum atomic E-state index is 13.6. The molecule has 0 bridgehead atoms. The van der Waals surface area contributed by atoms with E-state index in [2.05, 4.69) is 6.58 Å². The molecule has 0 radical (unpaired) electrons. The molecule has 2 fully saturated rings. The topological polar surface area (TPSA) is 122 Å². The largest absolute Gasteiger partial charge is 0.497 e. The maximum Gasteiger partial charge on any atom is 0.412 e. The van der Waals surface area contributed by atoms with Crippen molar-refractivity contribution < 1.29 is 47.9 Å². The molecule has 11 nitrogen and oxygen atoms in total. The average molecular weight is 566 g/mol. The molecule has 2 aliphatic rings. The third-order valence-corrected chi connectivity index (χ3v) is 6.80. The van der Waals surface area contributed by atoms with Crippen molar-refractivity contribution in [1.29, 1.82) is 0 Å². The van der Waals surface area contributed by atoms with Crippen LogP contribution in [0.5, 0.6) is 5.75 Å². The van der Waals surface area contributed by atoms with Gasteiger partial charge in [0.05, 0.1) is 33.5 Å². The van der Waals surface area contributed by atoms with E-state index < -0.39 is 59.1 Å². The summed E-state index contributed by atoms with van der Waals surface area (Å²) in [5, 5.41) is 12.0. The zero-order valence-corrected chi connectivity index (χ0v) is 24.9. The third-order valence-electron chi connectivity index (χ3n) is 6.80. The normalized spacial score (nSPS) is 27.1. The number of nitrogens with zero attached hydrogens (tertiary/aromatic N) is 1. The summed E-state index contributed by atoms with van der Waals surface area (Å²) in [7, 11) is 2.76.